The van der Waals surface area contributed by atoms with Gasteiger partial charge in [0.2, 0.25) is 5.91 Å². The van der Waals surface area contributed by atoms with Crippen molar-refractivity contribution in [3.8, 4) is 0 Å². The Morgan fingerprint density at radius 3 is 2.57 bits per heavy atom. The molecule has 1 fully saturated rings. The van der Waals surface area contributed by atoms with Gasteiger partial charge in [0.25, 0.3) is 0 Å². The van der Waals surface area contributed by atoms with E-state index in [1.54, 1.807) is 0 Å². The number of hydrogen-bond donors (Lipinski definition) is 1. The minimum absolute atomic E-state index is 0.0971. The highest BCUT2D eigenvalue weighted by Crippen LogP contribution is 2.21. The van der Waals surface area contributed by atoms with Crippen LogP contribution in [-0.4, -0.2) is 42.1 Å². The minimum atomic E-state index is -0.247. The highest BCUT2D eigenvalue weighted by molar-refractivity contribution is 9.10. The van der Waals surface area contributed by atoms with Gasteiger partial charge in [-0.05, 0) is 51.5 Å². The Bertz CT molecular complexity index is 511. The highest BCUT2D eigenvalue weighted by atomic mass is 79.9. The van der Waals surface area contributed by atoms with Gasteiger partial charge in [-0.1, -0.05) is 15.9 Å². The second-order valence-corrected chi connectivity index (χ2v) is 6.68. The number of benzene rings is 1. The lowest BCUT2D eigenvalue weighted by Gasteiger charge is -2.36. The normalized spacial score (nSPS) is 23.8. The topological polar surface area (TPSA) is 41.6 Å². The van der Waals surface area contributed by atoms with E-state index in [2.05, 4.69) is 21.2 Å². The van der Waals surface area contributed by atoms with Crippen LogP contribution in [0.15, 0.2) is 22.7 Å². The number of nitrogens with zero attached hydrogens (tertiary/aromatic N) is 1. The number of morpholine rings is 1. The lowest BCUT2D eigenvalue weighted by Crippen LogP contribution is -2.52. The van der Waals surface area contributed by atoms with Crippen molar-refractivity contribution in [3.63, 3.8) is 0 Å². The van der Waals surface area contributed by atoms with Crippen LogP contribution in [0, 0.1) is 6.92 Å². The molecule has 5 heteroatoms. The van der Waals surface area contributed by atoms with Gasteiger partial charge in [-0.2, -0.15) is 0 Å². The van der Waals surface area contributed by atoms with Gasteiger partial charge in [0.15, 0.2) is 0 Å². The molecule has 116 valence electrons. The van der Waals surface area contributed by atoms with Crippen molar-refractivity contribution in [3.05, 3.63) is 28.2 Å². The smallest absolute Gasteiger partial charge is 0.244 e. The summed E-state index contributed by atoms with van der Waals surface area (Å²) in [5, 5.41) is 3.28. The molecule has 0 aliphatic carbocycles. The summed E-state index contributed by atoms with van der Waals surface area (Å²) in [6, 6.07) is 5.76. The first-order valence-electron chi connectivity index (χ1n) is 7.33. The molecule has 1 aromatic carbocycles. The highest BCUT2D eigenvalue weighted by Gasteiger charge is 2.28. The van der Waals surface area contributed by atoms with Gasteiger partial charge in [0.1, 0.15) is 6.04 Å². The molecule has 1 heterocycles. The summed E-state index contributed by atoms with van der Waals surface area (Å²) in [5.41, 5.74) is 2.11. The Kier molecular flexibility index (Phi) is 5.27. The van der Waals surface area contributed by atoms with Crippen LogP contribution < -0.4 is 5.32 Å². The molecule has 2 rings (SSSR count). The van der Waals surface area contributed by atoms with E-state index in [1.807, 2.05) is 50.8 Å². The summed E-state index contributed by atoms with van der Waals surface area (Å²) in [7, 11) is 0. The van der Waals surface area contributed by atoms with Crippen molar-refractivity contribution in [2.24, 2.45) is 0 Å². The summed E-state index contributed by atoms with van der Waals surface area (Å²) in [6.07, 6.45) is 0.194. The van der Waals surface area contributed by atoms with Gasteiger partial charge in [0.05, 0.1) is 12.2 Å². The third-order valence-electron chi connectivity index (χ3n) is 3.64. The summed E-state index contributed by atoms with van der Waals surface area (Å²) < 4.78 is 6.75. The predicted molar refractivity (Wildman–Crippen MR) is 88.6 cm³/mol. The lowest BCUT2D eigenvalue weighted by atomic mass is 10.1. The maximum absolute atomic E-state index is 12.5. The van der Waals surface area contributed by atoms with Crippen molar-refractivity contribution in [2.75, 3.05) is 18.4 Å². The Morgan fingerprint density at radius 2 is 2.00 bits per heavy atom. The van der Waals surface area contributed by atoms with E-state index < -0.39 is 0 Å². The summed E-state index contributed by atoms with van der Waals surface area (Å²) in [6.45, 7) is 9.28. The van der Waals surface area contributed by atoms with Crippen LogP contribution in [-0.2, 0) is 9.53 Å². The molecule has 1 aliphatic rings. The van der Waals surface area contributed by atoms with Crippen LogP contribution in [0.4, 0.5) is 5.69 Å². The Morgan fingerprint density at radius 1 is 1.38 bits per heavy atom. The Hall–Kier alpha value is -1.07. The van der Waals surface area contributed by atoms with Gasteiger partial charge < -0.3 is 15.0 Å². The minimum Gasteiger partial charge on any atom is -0.374 e. The molecule has 1 saturated heterocycles. The third-order valence-corrected chi connectivity index (χ3v) is 4.53. The van der Waals surface area contributed by atoms with Crippen molar-refractivity contribution >= 4 is 27.5 Å². The monoisotopic (exact) mass is 354 g/mol. The zero-order valence-corrected chi connectivity index (χ0v) is 14.6. The molecule has 1 aromatic rings. The quantitative estimate of drug-likeness (QED) is 0.906. The Balaban J connectivity index is 2.00. The number of aryl methyl sites for hydroxylation is 1. The van der Waals surface area contributed by atoms with Crippen molar-refractivity contribution in [2.45, 2.75) is 45.9 Å². The molecule has 21 heavy (non-hydrogen) atoms. The number of carbonyl (C=O) groups excluding carboxylic acids is 1. The fraction of sp³-hybridized carbons (Fsp3) is 0.562. The standard InChI is InChI=1S/C16H23BrN2O2/c1-10-7-14(5-6-15(10)17)18-13(4)16(20)19-8-11(2)21-12(3)9-19/h5-7,11-13,18H,8-9H2,1-4H3/t11-,12-,13+/m0/s1. The second-order valence-electron chi connectivity index (χ2n) is 5.83. The predicted octanol–water partition coefficient (Wildman–Crippen LogP) is 3.19. The number of amides is 1. The van der Waals surface area contributed by atoms with Gasteiger partial charge in [-0.3, -0.25) is 4.79 Å². The molecule has 1 aliphatic heterocycles. The largest absolute Gasteiger partial charge is 0.374 e. The zero-order chi connectivity index (χ0) is 15.6. The zero-order valence-electron chi connectivity index (χ0n) is 13.0. The van der Waals surface area contributed by atoms with Gasteiger partial charge in [-0.15, -0.1) is 0 Å². The fourth-order valence-electron chi connectivity index (χ4n) is 2.68. The summed E-state index contributed by atoms with van der Waals surface area (Å²) >= 11 is 3.48. The molecule has 0 radical (unpaired) electrons. The van der Waals surface area contributed by atoms with Crippen LogP contribution >= 0.6 is 15.9 Å². The number of nitrogens with one attached hydrogen (secondary N) is 1. The van der Waals surface area contributed by atoms with Crippen LogP contribution in [0.2, 0.25) is 0 Å². The molecule has 4 nitrogen and oxygen atoms in total. The average molecular weight is 355 g/mol. The van der Waals surface area contributed by atoms with Gasteiger partial charge in [0, 0.05) is 23.2 Å². The lowest BCUT2D eigenvalue weighted by molar-refractivity contribution is -0.143. The molecular formula is C16H23BrN2O2. The number of rotatable bonds is 3. The fourth-order valence-corrected chi connectivity index (χ4v) is 2.92. The number of anilines is 1. The number of hydrogen-bond acceptors (Lipinski definition) is 3. The van der Waals surface area contributed by atoms with Crippen LogP contribution in [0.25, 0.3) is 0 Å². The molecule has 1 amide bonds. The molecule has 0 unspecified atom stereocenters. The molecule has 1 N–H and O–H groups in total. The molecule has 0 aromatic heterocycles. The number of ether oxygens (including phenoxy) is 1. The van der Waals surface area contributed by atoms with Crippen molar-refractivity contribution in [1.82, 2.24) is 4.90 Å². The molecule has 0 spiro atoms. The first-order valence-corrected chi connectivity index (χ1v) is 8.13. The van der Waals surface area contributed by atoms with Crippen LogP contribution in [0.5, 0.6) is 0 Å². The molecular weight excluding hydrogens is 332 g/mol. The maximum atomic E-state index is 12.5. The molecule has 0 saturated carbocycles. The van der Waals surface area contributed by atoms with E-state index in [9.17, 15) is 4.79 Å². The van der Waals surface area contributed by atoms with E-state index in [1.165, 1.54) is 0 Å². The maximum Gasteiger partial charge on any atom is 0.244 e. The van der Waals surface area contributed by atoms with Crippen molar-refractivity contribution < 1.29 is 9.53 Å². The SMILES string of the molecule is Cc1cc(N[C@H](C)C(=O)N2C[C@H](C)O[C@@H](C)C2)ccc1Br. The van der Waals surface area contributed by atoms with E-state index in [4.69, 9.17) is 4.74 Å². The van der Waals surface area contributed by atoms with Crippen molar-refractivity contribution in [1.29, 1.82) is 0 Å². The van der Waals surface area contributed by atoms with E-state index in [0.717, 1.165) is 15.7 Å². The van der Waals surface area contributed by atoms with Gasteiger partial charge in [-0.25, -0.2) is 0 Å². The van der Waals surface area contributed by atoms with E-state index in [0.29, 0.717) is 13.1 Å². The van der Waals surface area contributed by atoms with Crippen LogP contribution in [0.1, 0.15) is 26.3 Å². The summed E-state index contributed by atoms with van der Waals surface area (Å²) in [5.74, 6) is 0.123. The summed E-state index contributed by atoms with van der Waals surface area (Å²) in [4.78, 5) is 14.4. The first kappa shape index (κ1) is 16.3. The molecule has 3 atom stereocenters. The second kappa shape index (κ2) is 6.79. The molecule has 0 bridgehead atoms. The van der Waals surface area contributed by atoms with E-state index in [-0.39, 0.29) is 24.2 Å². The van der Waals surface area contributed by atoms with Gasteiger partial charge >= 0.3 is 0 Å². The number of halogens is 1. The van der Waals surface area contributed by atoms with Crippen LogP contribution in [0.3, 0.4) is 0 Å². The Labute approximate surface area is 135 Å². The van der Waals surface area contributed by atoms with E-state index >= 15 is 0 Å². The third kappa shape index (κ3) is 4.20. The average Bonchev–Trinajstić information content (AvgIpc) is 2.41. The first-order chi connectivity index (χ1) is 9.86. The number of carbonyl (C=O) groups is 1.